The van der Waals surface area contributed by atoms with Crippen molar-refractivity contribution in [3.8, 4) is 5.75 Å². The number of nitrogens with one attached hydrogen (secondary N) is 1. The molecule has 28 heavy (non-hydrogen) atoms. The average molecular weight is 405 g/mol. The highest BCUT2D eigenvalue weighted by molar-refractivity contribution is 7.92. The van der Waals surface area contributed by atoms with Crippen molar-refractivity contribution in [2.45, 2.75) is 39.3 Å². The fourth-order valence-corrected chi connectivity index (χ4v) is 4.29. The van der Waals surface area contributed by atoms with Crippen LogP contribution in [0.5, 0.6) is 5.75 Å². The van der Waals surface area contributed by atoms with Gasteiger partial charge in [-0.3, -0.25) is 9.10 Å². The van der Waals surface area contributed by atoms with Crippen LogP contribution >= 0.6 is 0 Å². The van der Waals surface area contributed by atoms with Crippen LogP contribution in [0.15, 0.2) is 48.5 Å². The van der Waals surface area contributed by atoms with Gasteiger partial charge in [-0.05, 0) is 55.7 Å². The number of hydrogen-bond acceptors (Lipinski definition) is 4. The summed E-state index contributed by atoms with van der Waals surface area (Å²) in [6.07, 6.45) is 1.79. The summed E-state index contributed by atoms with van der Waals surface area (Å²) in [4.78, 5) is 12.9. The lowest BCUT2D eigenvalue weighted by molar-refractivity contribution is -0.122. The minimum absolute atomic E-state index is 0.222. The Morgan fingerprint density at radius 2 is 1.82 bits per heavy atom. The number of aryl methyl sites for hydroxylation is 1. The van der Waals surface area contributed by atoms with E-state index in [9.17, 15) is 13.2 Å². The van der Waals surface area contributed by atoms with Gasteiger partial charge in [-0.1, -0.05) is 31.2 Å². The molecule has 0 unspecified atom stereocenters. The van der Waals surface area contributed by atoms with Gasteiger partial charge >= 0.3 is 0 Å². The van der Waals surface area contributed by atoms with E-state index in [0.29, 0.717) is 12.1 Å². The van der Waals surface area contributed by atoms with Crippen LogP contribution < -0.4 is 14.4 Å². The molecule has 1 amide bonds. The summed E-state index contributed by atoms with van der Waals surface area (Å²) < 4.78 is 31.2. The Balaban J connectivity index is 2.26. The molecular formula is C21H28N2O4S. The molecule has 0 saturated heterocycles. The Hall–Kier alpha value is -2.54. The van der Waals surface area contributed by atoms with E-state index in [1.807, 2.05) is 44.2 Å². The van der Waals surface area contributed by atoms with Crippen molar-refractivity contribution in [1.82, 2.24) is 5.32 Å². The number of rotatable bonds is 8. The van der Waals surface area contributed by atoms with Crippen molar-refractivity contribution < 1.29 is 17.9 Å². The molecule has 7 heteroatoms. The predicted molar refractivity (Wildman–Crippen MR) is 112 cm³/mol. The predicted octanol–water partition coefficient (Wildman–Crippen LogP) is 3.43. The number of sulfonamides is 1. The van der Waals surface area contributed by atoms with Crippen LogP contribution in [0.3, 0.4) is 0 Å². The topological polar surface area (TPSA) is 75.7 Å². The maximum atomic E-state index is 12.9. The first-order chi connectivity index (χ1) is 13.2. The van der Waals surface area contributed by atoms with Crippen LogP contribution in [0.2, 0.25) is 0 Å². The number of ether oxygens (including phenoxy) is 1. The summed E-state index contributed by atoms with van der Waals surface area (Å²) in [5.74, 6) is 0.385. The number of amides is 1. The Bertz CT molecular complexity index is 910. The molecule has 0 heterocycles. The van der Waals surface area contributed by atoms with Crippen molar-refractivity contribution in [2.24, 2.45) is 0 Å². The van der Waals surface area contributed by atoms with E-state index < -0.39 is 16.1 Å². The summed E-state index contributed by atoms with van der Waals surface area (Å²) in [6.45, 7) is 5.44. The second-order valence-corrected chi connectivity index (χ2v) is 8.68. The van der Waals surface area contributed by atoms with Crippen LogP contribution in [-0.4, -0.2) is 33.7 Å². The first kappa shape index (κ1) is 21.8. The number of anilines is 1. The number of nitrogens with zero attached hydrogens (tertiary/aromatic N) is 1. The first-order valence-corrected chi connectivity index (χ1v) is 11.0. The number of carbonyl (C=O) groups excluding carboxylic acids is 1. The fourth-order valence-electron chi connectivity index (χ4n) is 3.12. The van der Waals surface area contributed by atoms with E-state index in [1.54, 1.807) is 32.2 Å². The Morgan fingerprint density at radius 3 is 2.32 bits per heavy atom. The van der Waals surface area contributed by atoms with Gasteiger partial charge in [-0.15, -0.1) is 0 Å². The SMILES string of the molecule is CC[C@@H](NC(=O)[C@@H](C)N(c1cccc(C)c1)S(C)(=O)=O)c1ccc(OC)cc1. The molecule has 2 aromatic carbocycles. The molecule has 0 bridgehead atoms. The second kappa shape index (κ2) is 9.10. The fraction of sp³-hybridized carbons (Fsp3) is 0.381. The third-order valence-corrected chi connectivity index (χ3v) is 5.83. The van der Waals surface area contributed by atoms with Crippen molar-refractivity contribution in [2.75, 3.05) is 17.7 Å². The van der Waals surface area contributed by atoms with Crippen molar-refractivity contribution in [3.63, 3.8) is 0 Å². The molecule has 0 spiro atoms. The van der Waals surface area contributed by atoms with E-state index in [4.69, 9.17) is 4.74 Å². The maximum Gasteiger partial charge on any atom is 0.244 e. The summed E-state index contributed by atoms with van der Waals surface area (Å²) in [5.41, 5.74) is 2.33. The largest absolute Gasteiger partial charge is 0.497 e. The van der Waals surface area contributed by atoms with E-state index in [2.05, 4.69) is 5.32 Å². The van der Waals surface area contributed by atoms with E-state index >= 15 is 0 Å². The van der Waals surface area contributed by atoms with Crippen LogP contribution in [0.4, 0.5) is 5.69 Å². The Kier molecular flexibility index (Phi) is 7.07. The van der Waals surface area contributed by atoms with Gasteiger partial charge in [0.2, 0.25) is 15.9 Å². The molecule has 152 valence electrons. The average Bonchev–Trinajstić information content (AvgIpc) is 2.65. The molecule has 0 aliphatic heterocycles. The number of benzene rings is 2. The van der Waals surface area contributed by atoms with Gasteiger partial charge in [-0.25, -0.2) is 8.42 Å². The molecular weight excluding hydrogens is 376 g/mol. The van der Waals surface area contributed by atoms with Gasteiger partial charge in [-0.2, -0.15) is 0 Å². The molecule has 0 aliphatic rings. The van der Waals surface area contributed by atoms with Crippen molar-refractivity contribution in [3.05, 3.63) is 59.7 Å². The molecule has 0 aromatic heterocycles. The summed E-state index contributed by atoms with van der Waals surface area (Å²) in [5, 5.41) is 2.97. The molecule has 2 rings (SSSR count). The van der Waals surface area contributed by atoms with Crippen molar-refractivity contribution >= 4 is 21.6 Å². The van der Waals surface area contributed by atoms with Gasteiger partial charge < -0.3 is 10.1 Å². The molecule has 2 aromatic rings. The standard InChI is InChI=1S/C21H28N2O4S/c1-6-20(17-10-12-19(27-4)13-11-17)22-21(24)16(3)23(28(5,25)26)18-9-7-8-15(2)14-18/h7-14,16,20H,6H2,1-5H3,(H,22,24)/t16-,20-/m1/s1. The number of carbonyl (C=O) groups is 1. The highest BCUT2D eigenvalue weighted by atomic mass is 32.2. The third kappa shape index (κ3) is 5.25. The van der Waals surface area contributed by atoms with Crippen LogP contribution in [0.25, 0.3) is 0 Å². The lowest BCUT2D eigenvalue weighted by atomic mass is 10.0. The zero-order valence-electron chi connectivity index (χ0n) is 17.0. The molecule has 6 nitrogen and oxygen atoms in total. The van der Waals surface area contributed by atoms with Gasteiger partial charge in [0.05, 0.1) is 25.1 Å². The van der Waals surface area contributed by atoms with E-state index in [0.717, 1.165) is 27.4 Å². The second-order valence-electron chi connectivity index (χ2n) is 6.82. The molecule has 1 N–H and O–H groups in total. The molecule has 2 atom stereocenters. The molecule has 0 fully saturated rings. The first-order valence-electron chi connectivity index (χ1n) is 9.17. The molecule has 0 aliphatic carbocycles. The number of methoxy groups -OCH3 is 1. The zero-order valence-corrected chi connectivity index (χ0v) is 17.8. The normalized spacial score (nSPS) is 13.5. The van der Waals surface area contributed by atoms with Crippen LogP contribution in [-0.2, 0) is 14.8 Å². The lowest BCUT2D eigenvalue weighted by Crippen LogP contribution is -2.48. The third-order valence-electron chi connectivity index (χ3n) is 4.59. The minimum Gasteiger partial charge on any atom is -0.497 e. The van der Waals surface area contributed by atoms with Gasteiger partial charge in [0.25, 0.3) is 0 Å². The highest BCUT2D eigenvalue weighted by Gasteiger charge is 2.30. The Labute approximate surface area is 167 Å². The van der Waals surface area contributed by atoms with Gasteiger partial charge in [0.1, 0.15) is 11.8 Å². The van der Waals surface area contributed by atoms with Crippen LogP contribution in [0, 0.1) is 6.92 Å². The summed E-state index contributed by atoms with van der Waals surface area (Å²) >= 11 is 0. The highest BCUT2D eigenvalue weighted by Crippen LogP contribution is 2.24. The summed E-state index contributed by atoms with van der Waals surface area (Å²) in [7, 11) is -2.04. The van der Waals surface area contributed by atoms with Gasteiger partial charge in [0, 0.05) is 0 Å². The zero-order chi connectivity index (χ0) is 20.9. The molecule has 0 radical (unpaired) electrons. The Morgan fingerprint density at radius 1 is 1.18 bits per heavy atom. The number of hydrogen-bond donors (Lipinski definition) is 1. The van der Waals surface area contributed by atoms with E-state index in [-0.39, 0.29) is 11.9 Å². The minimum atomic E-state index is -3.64. The lowest BCUT2D eigenvalue weighted by Gasteiger charge is -2.30. The molecule has 0 saturated carbocycles. The summed E-state index contributed by atoms with van der Waals surface area (Å²) in [6, 6.07) is 13.5. The van der Waals surface area contributed by atoms with Crippen LogP contribution in [0.1, 0.15) is 37.4 Å². The smallest absolute Gasteiger partial charge is 0.244 e. The van der Waals surface area contributed by atoms with Crippen molar-refractivity contribution in [1.29, 1.82) is 0 Å². The monoisotopic (exact) mass is 404 g/mol. The maximum absolute atomic E-state index is 12.9. The quantitative estimate of drug-likeness (QED) is 0.731. The van der Waals surface area contributed by atoms with E-state index in [1.165, 1.54) is 0 Å². The van der Waals surface area contributed by atoms with Gasteiger partial charge in [0.15, 0.2) is 0 Å².